The quantitative estimate of drug-likeness (QED) is 0.794. The van der Waals surface area contributed by atoms with Gasteiger partial charge in [-0.3, -0.25) is 0 Å². The fraction of sp³-hybridized carbons (Fsp3) is 0.538. The van der Waals surface area contributed by atoms with Crippen molar-refractivity contribution in [3.8, 4) is 0 Å². The molecule has 0 aliphatic rings. The molecule has 0 radical (unpaired) electrons. The summed E-state index contributed by atoms with van der Waals surface area (Å²) in [5.41, 5.74) is 0.993. The van der Waals surface area contributed by atoms with Crippen LogP contribution < -0.4 is 0 Å². The second kappa shape index (κ2) is 7.11. The van der Waals surface area contributed by atoms with E-state index in [1.54, 1.807) is 6.92 Å². The van der Waals surface area contributed by atoms with E-state index in [0.717, 1.165) is 10.0 Å². The number of halogens is 1. The van der Waals surface area contributed by atoms with Crippen molar-refractivity contribution in [3.63, 3.8) is 0 Å². The van der Waals surface area contributed by atoms with E-state index in [1.165, 1.54) is 0 Å². The molecule has 1 aromatic rings. The van der Waals surface area contributed by atoms with Gasteiger partial charge in [-0.15, -0.1) is 0 Å². The van der Waals surface area contributed by atoms with Gasteiger partial charge in [0.2, 0.25) is 0 Å². The van der Waals surface area contributed by atoms with Gasteiger partial charge in [0.15, 0.2) is 6.29 Å². The minimum atomic E-state index is -0.927. The predicted molar refractivity (Wildman–Crippen MR) is 70.4 cm³/mol. The van der Waals surface area contributed by atoms with Crippen LogP contribution in [0.3, 0.4) is 0 Å². The summed E-state index contributed by atoms with van der Waals surface area (Å²) >= 11 is 3.36. The van der Waals surface area contributed by atoms with Gasteiger partial charge in [-0.25, -0.2) is 0 Å². The maximum atomic E-state index is 9.80. The average molecular weight is 303 g/mol. The minimum Gasteiger partial charge on any atom is -0.393 e. The number of aliphatic hydroxyl groups is 2. The van der Waals surface area contributed by atoms with Crippen LogP contribution in [0.5, 0.6) is 0 Å². The molecule has 0 fully saturated rings. The van der Waals surface area contributed by atoms with Crippen LogP contribution in [0.25, 0.3) is 0 Å². The second-order valence-electron chi connectivity index (χ2n) is 4.14. The largest absolute Gasteiger partial charge is 0.393 e. The highest BCUT2D eigenvalue weighted by Crippen LogP contribution is 2.17. The van der Waals surface area contributed by atoms with Crippen LogP contribution in [0.1, 0.15) is 25.8 Å². The molecule has 4 heteroatoms. The smallest absolute Gasteiger partial charge is 0.160 e. The van der Waals surface area contributed by atoms with E-state index in [9.17, 15) is 10.2 Å². The zero-order valence-corrected chi connectivity index (χ0v) is 11.7. The Bertz CT molecular complexity index is 324. The lowest BCUT2D eigenvalue weighted by Gasteiger charge is -2.24. The van der Waals surface area contributed by atoms with Crippen molar-refractivity contribution in [1.29, 1.82) is 0 Å². The number of aliphatic hydroxyl groups excluding tert-OH is 2. The van der Waals surface area contributed by atoms with Crippen molar-refractivity contribution in [1.82, 2.24) is 0 Å². The molecular formula is C13H19BrO3. The van der Waals surface area contributed by atoms with Gasteiger partial charge in [-0.05, 0) is 31.0 Å². The van der Waals surface area contributed by atoms with E-state index >= 15 is 0 Å². The molecule has 0 aliphatic carbocycles. The maximum absolute atomic E-state index is 9.80. The highest BCUT2D eigenvalue weighted by molar-refractivity contribution is 9.10. The van der Waals surface area contributed by atoms with E-state index < -0.39 is 12.4 Å². The van der Waals surface area contributed by atoms with Crippen molar-refractivity contribution in [2.45, 2.75) is 39.3 Å². The zero-order chi connectivity index (χ0) is 12.8. The summed E-state index contributed by atoms with van der Waals surface area (Å²) in [4.78, 5) is 0. The standard InChI is InChI=1S/C13H19BrO3/c1-3-12(9(2)15)13(16)17-8-10-4-6-11(14)7-5-10/h4-7,9,12-13,15-16H,3,8H2,1-2H3/t9-,12+,13?/m1/s1. The third kappa shape index (κ3) is 4.76. The van der Waals surface area contributed by atoms with Crippen LogP contribution in [-0.4, -0.2) is 22.6 Å². The molecule has 1 aromatic carbocycles. The SMILES string of the molecule is CC[C@H](C(O)OCc1ccc(Br)cc1)[C@@H](C)O. The van der Waals surface area contributed by atoms with Crippen molar-refractivity contribution in [2.24, 2.45) is 5.92 Å². The molecule has 3 atom stereocenters. The van der Waals surface area contributed by atoms with Gasteiger partial charge in [0.25, 0.3) is 0 Å². The van der Waals surface area contributed by atoms with E-state index in [0.29, 0.717) is 13.0 Å². The van der Waals surface area contributed by atoms with Crippen molar-refractivity contribution in [2.75, 3.05) is 0 Å². The number of benzene rings is 1. The molecule has 0 saturated heterocycles. The summed E-state index contributed by atoms with van der Waals surface area (Å²) in [6.45, 7) is 3.93. The molecule has 3 nitrogen and oxygen atoms in total. The van der Waals surface area contributed by atoms with E-state index in [2.05, 4.69) is 15.9 Å². The van der Waals surface area contributed by atoms with Crippen LogP contribution in [0, 0.1) is 5.92 Å². The summed E-state index contributed by atoms with van der Waals surface area (Å²) in [5.74, 6) is -0.245. The van der Waals surface area contributed by atoms with Gasteiger partial charge in [0.1, 0.15) is 0 Å². The van der Waals surface area contributed by atoms with Gasteiger partial charge in [-0.2, -0.15) is 0 Å². The molecule has 2 N–H and O–H groups in total. The fourth-order valence-corrected chi connectivity index (χ4v) is 1.93. The second-order valence-corrected chi connectivity index (χ2v) is 5.06. The molecular weight excluding hydrogens is 284 g/mol. The molecule has 0 heterocycles. The normalized spacial score (nSPS) is 16.5. The molecule has 1 rings (SSSR count). The molecule has 0 saturated carbocycles. The summed E-state index contributed by atoms with van der Waals surface area (Å²) in [5, 5.41) is 19.3. The molecule has 96 valence electrons. The van der Waals surface area contributed by atoms with E-state index in [4.69, 9.17) is 4.74 Å². The summed E-state index contributed by atoms with van der Waals surface area (Å²) in [7, 11) is 0. The van der Waals surface area contributed by atoms with Gasteiger partial charge in [0, 0.05) is 10.4 Å². The number of hydrogen-bond donors (Lipinski definition) is 2. The monoisotopic (exact) mass is 302 g/mol. The Morgan fingerprint density at radius 1 is 1.24 bits per heavy atom. The van der Waals surface area contributed by atoms with Crippen LogP contribution >= 0.6 is 15.9 Å². The lowest BCUT2D eigenvalue weighted by Crippen LogP contribution is -2.31. The first-order valence-corrected chi connectivity index (χ1v) is 6.56. The number of rotatable bonds is 6. The lowest BCUT2D eigenvalue weighted by atomic mass is 10.0. The van der Waals surface area contributed by atoms with Crippen LogP contribution in [-0.2, 0) is 11.3 Å². The van der Waals surface area contributed by atoms with Crippen molar-refractivity contribution < 1.29 is 14.9 Å². The third-order valence-electron chi connectivity index (χ3n) is 2.79. The topological polar surface area (TPSA) is 49.7 Å². The van der Waals surface area contributed by atoms with E-state index in [1.807, 2.05) is 31.2 Å². The van der Waals surface area contributed by atoms with Gasteiger partial charge < -0.3 is 14.9 Å². The van der Waals surface area contributed by atoms with Crippen LogP contribution in [0.4, 0.5) is 0 Å². The van der Waals surface area contributed by atoms with Crippen molar-refractivity contribution >= 4 is 15.9 Å². The number of hydrogen-bond acceptors (Lipinski definition) is 3. The molecule has 0 aliphatic heterocycles. The van der Waals surface area contributed by atoms with E-state index in [-0.39, 0.29) is 5.92 Å². The first-order chi connectivity index (χ1) is 8.04. The van der Waals surface area contributed by atoms with Crippen molar-refractivity contribution in [3.05, 3.63) is 34.3 Å². The highest BCUT2D eigenvalue weighted by atomic mass is 79.9. The molecule has 1 unspecified atom stereocenters. The summed E-state index contributed by atoms with van der Waals surface area (Å²) in [6, 6.07) is 7.72. The number of ether oxygens (including phenoxy) is 1. The Balaban J connectivity index is 2.47. The summed E-state index contributed by atoms with van der Waals surface area (Å²) in [6.07, 6.45) is -0.817. The minimum absolute atomic E-state index is 0.245. The lowest BCUT2D eigenvalue weighted by molar-refractivity contribution is -0.163. The van der Waals surface area contributed by atoms with Crippen LogP contribution in [0.2, 0.25) is 0 Å². The molecule has 0 bridgehead atoms. The Hall–Kier alpha value is -0.420. The Morgan fingerprint density at radius 2 is 1.82 bits per heavy atom. The summed E-state index contributed by atoms with van der Waals surface area (Å²) < 4.78 is 6.37. The van der Waals surface area contributed by atoms with Gasteiger partial charge in [-0.1, -0.05) is 35.0 Å². The van der Waals surface area contributed by atoms with Gasteiger partial charge >= 0.3 is 0 Å². The van der Waals surface area contributed by atoms with Gasteiger partial charge in [0.05, 0.1) is 12.7 Å². The predicted octanol–water partition coefficient (Wildman–Crippen LogP) is 2.69. The molecule has 0 amide bonds. The first kappa shape index (κ1) is 14.6. The fourth-order valence-electron chi connectivity index (χ4n) is 1.67. The van der Waals surface area contributed by atoms with Crippen LogP contribution in [0.15, 0.2) is 28.7 Å². The average Bonchev–Trinajstić information content (AvgIpc) is 2.28. The Kier molecular flexibility index (Phi) is 6.12. The first-order valence-electron chi connectivity index (χ1n) is 5.76. The Labute approximate surface area is 111 Å². The zero-order valence-electron chi connectivity index (χ0n) is 10.1. The Morgan fingerprint density at radius 3 is 2.29 bits per heavy atom. The molecule has 0 aromatic heterocycles. The molecule has 17 heavy (non-hydrogen) atoms. The third-order valence-corrected chi connectivity index (χ3v) is 3.32. The maximum Gasteiger partial charge on any atom is 0.160 e. The molecule has 0 spiro atoms. The highest BCUT2D eigenvalue weighted by Gasteiger charge is 2.22.